The van der Waals surface area contributed by atoms with E-state index in [0.717, 1.165) is 16.7 Å². The third-order valence-electron chi connectivity index (χ3n) is 4.61. The first kappa shape index (κ1) is 23.0. The SMILES string of the molecule is CSCCC(C(=O)O)N1C(=O)/C(=C/c2ccc(-c3ccc(C)c([N+](=O)[O-])c3)o2)SC1=S. The van der Waals surface area contributed by atoms with Gasteiger partial charge in [0.15, 0.2) is 0 Å². The highest BCUT2D eigenvalue weighted by molar-refractivity contribution is 8.26. The van der Waals surface area contributed by atoms with Crippen molar-refractivity contribution in [3.05, 3.63) is 56.7 Å². The van der Waals surface area contributed by atoms with Crippen LogP contribution in [0.5, 0.6) is 0 Å². The predicted octanol–water partition coefficient (Wildman–Crippen LogP) is 4.57. The molecule has 1 unspecified atom stereocenters. The van der Waals surface area contributed by atoms with Crippen LogP contribution >= 0.6 is 35.7 Å². The number of amides is 1. The minimum Gasteiger partial charge on any atom is -0.480 e. The standard InChI is InChI=1S/C20H18N2O6S3/c1-11-3-4-12(9-15(11)22(26)27)16-6-5-13(28-16)10-17-18(23)21(20(29)31-17)14(19(24)25)7-8-30-2/h3-6,9-10,14H,7-8H2,1-2H3,(H,24,25)/b17-10-. The average molecular weight is 479 g/mol. The number of benzene rings is 1. The first-order chi connectivity index (χ1) is 14.7. The molecule has 1 aliphatic rings. The molecule has 1 aromatic heterocycles. The van der Waals surface area contributed by atoms with E-state index in [0.29, 0.717) is 28.4 Å². The Labute approximate surface area is 191 Å². The van der Waals surface area contributed by atoms with Crippen LogP contribution in [0, 0.1) is 17.0 Å². The first-order valence-electron chi connectivity index (χ1n) is 9.07. The molecule has 2 heterocycles. The second-order valence-corrected chi connectivity index (χ2v) is 9.31. The highest BCUT2D eigenvalue weighted by Gasteiger charge is 2.40. The average Bonchev–Trinajstić information content (AvgIpc) is 3.28. The van der Waals surface area contributed by atoms with Gasteiger partial charge in [-0.2, -0.15) is 11.8 Å². The van der Waals surface area contributed by atoms with Crippen LogP contribution in [-0.4, -0.2) is 49.2 Å². The molecule has 1 aromatic carbocycles. The molecule has 11 heteroatoms. The largest absolute Gasteiger partial charge is 0.480 e. The summed E-state index contributed by atoms with van der Waals surface area (Å²) in [5.74, 6) is -0.236. The lowest BCUT2D eigenvalue weighted by molar-refractivity contribution is -0.385. The van der Waals surface area contributed by atoms with E-state index < -0.39 is 22.8 Å². The van der Waals surface area contributed by atoms with Crippen molar-refractivity contribution in [3.8, 4) is 11.3 Å². The number of carboxylic acid groups (broad SMARTS) is 1. The molecule has 1 saturated heterocycles. The maximum atomic E-state index is 12.8. The van der Waals surface area contributed by atoms with Gasteiger partial charge in [0.1, 0.15) is 21.9 Å². The number of hydrogen-bond donors (Lipinski definition) is 1. The molecule has 0 aliphatic carbocycles. The Balaban J connectivity index is 1.85. The van der Waals surface area contributed by atoms with Crippen LogP contribution < -0.4 is 0 Å². The normalized spacial score (nSPS) is 16.2. The quantitative estimate of drug-likeness (QED) is 0.252. The van der Waals surface area contributed by atoms with Gasteiger partial charge in [-0.3, -0.25) is 19.8 Å². The minimum atomic E-state index is -1.10. The topological polar surface area (TPSA) is 114 Å². The van der Waals surface area contributed by atoms with Crippen molar-refractivity contribution in [2.45, 2.75) is 19.4 Å². The minimum absolute atomic E-state index is 0.0127. The summed E-state index contributed by atoms with van der Waals surface area (Å²) in [6.07, 6.45) is 3.65. The molecule has 1 N–H and O–H groups in total. The molecular formula is C20H18N2O6S3. The first-order valence-corrected chi connectivity index (χ1v) is 11.7. The lowest BCUT2D eigenvalue weighted by Gasteiger charge is -2.22. The zero-order valence-electron chi connectivity index (χ0n) is 16.6. The number of nitro benzene ring substituents is 1. The summed E-state index contributed by atoms with van der Waals surface area (Å²) in [5.41, 5.74) is 1.06. The molecule has 2 aromatic rings. The number of thioether (sulfide) groups is 2. The smallest absolute Gasteiger partial charge is 0.326 e. The van der Waals surface area contributed by atoms with Crippen LogP contribution in [-0.2, 0) is 9.59 Å². The molecule has 0 radical (unpaired) electrons. The fraction of sp³-hybridized carbons (Fsp3) is 0.250. The number of aliphatic carboxylic acids is 1. The van der Waals surface area contributed by atoms with Crippen molar-refractivity contribution in [1.29, 1.82) is 0 Å². The molecule has 0 saturated carbocycles. The molecule has 1 aliphatic heterocycles. The van der Waals surface area contributed by atoms with Crippen LogP contribution in [0.3, 0.4) is 0 Å². The van der Waals surface area contributed by atoms with Gasteiger partial charge in [-0.05, 0) is 37.5 Å². The Morgan fingerprint density at radius 1 is 1.42 bits per heavy atom. The Kier molecular flexibility index (Phi) is 7.19. The van der Waals surface area contributed by atoms with Gasteiger partial charge in [-0.1, -0.05) is 36.1 Å². The summed E-state index contributed by atoms with van der Waals surface area (Å²) in [6.45, 7) is 1.65. The summed E-state index contributed by atoms with van der Waals surface area (Å²) in [5, 5.41) is 20.7. The number of rotatable bonds is 8. The Morgan fingerprint density at radius 2 is 2.16 bits per heavy atom. The molecule has 8 nitrogen and oxygen atoms in total. The van der Waals surface area contributed by atoms with E-state index in [9.17, 15) is 24.8 Å². The third kappa shape index (κ3) is 5.00. The number of furan rings is 1. The predicted molar refractivity (Wildman–Crippen MR) is 125 cm³/mol. The summed E-state index contributed by atoms with van der Waals surface area (Å²) < 4.78 is 5.94. The third-order valence-corrected chi connectivity index (χ3v) is 6.58. The monoisotopic (exact) mass is 478 g/mol. The number of aryl methyl sites for hydroxylation is 1. The highest BCUT2D eigenvalue weighted by atomic mass is 32.2. The van der Waals surface area contributed by atoms with E-state index in [2.05, 4.69) is 0 Å². The van der Waals surface area contributed by atoms with Gasteiger partial charge >= 0.3 is 5.97 Å². The molecule has 31 heavy (non-hydrogen) atoms. The van der Waals surface area contributed by atoms with Crippen LogP contribution in [0.4, 0.5) is 5.69 Å². The Morgan fingerprint density at radius 3 is 2.81 bits per heavy atom. The van der Waals surface area contributed by atoms with Crippen molar-refractivity contribution in [2.24, 2.45) is 0 Å². The zero-order valence-corrected chi connectivity index (χ0v) is 19.0. The summed E-state index contributed by atoms with van der Waals surface area (Å²) in [4.78, 5) is 36.6. The van der Waals surface area contributed by atoms with E-state index in [1.165, 1.54) is 23.9 Å². The van der Waals surface area contributed by atoms with Gasteiger partial charge in [0.25, 0.3) is 11.6 Å². The van der Waals surface area contributed by atoms with Crippen LogP contribution in [0.15, 0.2) is 39.7 Å². The van der Waals surface area contributed by atoms with Gasteiger partial charge in [0.2, 0.25) is 0 Å². The van der Waals surface area contributed by atoms with Crippen molar-refractivity contribution in [1.82, 2.24) is 4.90 Å². The van der Waals surface area contributed by atoms with Crippen molar-refractivity contribution < 1.29 is 24.0 Å². The second-order valence-electron chi connectivity index (χ2n) is 6.65. The molecule has 1 fully saturated rings. The molecule has 1 atom stereocenters. The van der Waals surface area contributed by atoms with E-state index in [1.807, 2.05) is 6.26 Å². The molecule has 3 rings (SSSR count). The van der Waals surface area contributed by atoms with Gasteiger partial charge in [-0.25, -0.2) is 4.79 Å². The van der Waals surface area contributed by atoms with E-state index in [4.69, 9.17) is 16.6 Å². The van der Waals surface area contributed by atoms with Crippen molar-refractivity contribution >= 4 is 63.7 Å². The number of thiocarbonyl (C=S) groups is 1. The zero-order chi connectivity index (χ0) is 22.7. The number of hydrogen-bond acceptors (Lipinski definition) is 8. The van der Waals surface area contributed by atoms with E-state index >= 15 is 0 Å². The number of carbonyl (C=O) groups is 2. The van der Waals surface area contributed by atoms with Gasteiger partial charge in [0.05, 0.1) is 9.83 Å². The molecule has 0 bridgehead atoms. The molecular weight excluding hydrogens is 460 g/mol. The number of carboxylic acids is 1. The maximum Gasteiger partial charge on any atom is 0.326 e. The lowest BCUT2D eigenvalue weighted by Crippen LogP contribution is -2.44. The molecule has 162 valence electrons. The summed E-state index contributed by atoms with van der Waals surface area (Å²) in [7, 11) is 0. The van der Waals surface area contributed by atoms with Gasteiger partial charge < -0.3 is 9.52 Å². The molecule has 0 spiro atoms. The summed E-state index contributed by atoms with van der Waals surface area (Å²) >= 11 is 7.76. The van der Waals surface area contributed by atoms with Gasteiger partial charge in [0, 0.05) is 23.3 Å². The van der Waals surface area contributed by atoms with Crippen LogP contribution in [0.2, 0.25) is 0 Å². The van der Waals surface area contributed by atoms with E-state index in [-0.39, 0.29) is 21.3 Å². The van der Waals surface area contributed by atoms with E-state index in [1.54, 1.807) is 31.2 Å². The van der Waals surface area contributed by atoms with Crippen molar-refractivity contribution in [3.63, 3.8) is 0 Å². The fourth-order valence-corrected chi connectivity index (χ4v) is 4.81. The van der Waals surface area contributed by atoms with Crippen LogP contribution in [0.25, 0.3) is 17.4 Å². The highest BCUT2D eigenvalue weighted by Crippen LogP contribution is 2.36. The Hall–Kier alpha value is -2.63. The fourth-order valence-electron chi connectivity index (χ4n) is 3.02. The number of nitro groups is 1. The Bertz CT molecular complexity index is 1090. The van der Waals surface area contributed by atoms with Crippen LogP contribution in [0.1, 0.15) is 17.7 Å². The van der Waals surface area contributed by atoms with Crippen molar-refractivity contribution in [2.75, 3.05) is 12.0 Å². The number of carbonyl (C=O) groups excluding carboxylic acids is 1. The maximum absolute atomic E-state index is 12.8. The second kappa shape index (κ2) is 9.67. The van der Waals surface area contributed by atoms with Gasteiger partial charge in [-0.15, -0.1) is 0 Å². The lowest BCUT2D eigenvalue weighted by atomic mass is 10.1. The summed E-state index contributed by atoms with van der Waals surface area (Å²) in [6, 6.07) is 7.05. The molecule has 1 amide bonds. The number of nitrogens with zero attached hydrogens (tertiary/aromatic N) is 2.